The lowest BCUT2D eigenvalue weighted by Gasteiger charge is -2.36. The van der Waals surface area contributed by atoms with Crippen molar-refractivity contribution in [3.8, 4) is 5.75 Å². The molecular weight excluding hydrogens is 303 g/mol. The normalized spacial score (nSPS) is 15.6. The van der Waals surface area contributed by atoms with E-state index in [1.54, 1.807) is 13.2 Å². The van der Waals surface area contributed by atoms with Crippen LogP contribution in [0.1, 0.15) is 16.7 Å². The molecule has 1 aliphatic rings. The van der Waals surface area contributed by atoms with Crippen LogP contribution in [0.5, 0.6) is 5.75 Å². The molecule has 3 nitrogen and oxygen atoms in total. The van der Waals surface area contributed by atoms with Gasteiger partial charge in [0.15, 0.2) is 0 Å². The standard InChI is InChI=1S/C20H25FN2O/c1-15-13-20(24-3)16(2)12-17(15)14-22-8-10-23(11-9-22)19-7-5-4-6-18(19)21/h4-7,12-13H,8-11,14H2,1-3H3. The van der Waals surface area contributed by atoms with Gasteiger partial charge in [0.1, 0.15) is 11.6 Å². The van der Waals surface area contributed by atoms with Crippen LogP contribution >= 0.6 is 0 Å². The highest BCUT2D eigenvalue weighted by molar-refractivity contribution is 5.48. The monoisotopic (exact) mass is 328 g/mol. The van der Waals surface area contributed by atoms with Gasteiger partial charge in [-0.1, -0.05) is 18.2 Å². The van der Waals surface area contributed by atoms with Gasteiger partial charge in [-0.3, -0.25) is 4.90 Å². The Balaban J connectivity index is 1.64. The molecule has 2 aromatic rings. The Kier molecular flexibility index (Phi) is 5.05. The van der Waals surface area contributed by atoms with Gasteiger partial charge < -0.3 is 9.64 Å². The molecule has 0 spiro atoms. The minimum Gasteiger partial charge on any atom is -0.496 e. The summed E-state index contributed by atoms with van der Waals surface area (Å²) in [6.07, 6.45) is 0. The van der Waals surface area contributed by atoms with Gasteiger partial charge in [0, 0.05) is 32.7 Å². The summed E-state index contributed by atoms with van der Waals surface area (Å²) in [5, 5.41) is 0. The zero-order valence-electron chi connectivity index (χ0n) is 14.7. The van der Waals surface area contributed by atoms with Crippen LogP contribution in [-0.4, -0.2) is 38.2 Å². The molecule has 1 fully saturated rings. The summed E-state index contributed by atoms with van der Waals surface area (Å²) in [4.78, 5) is 4.57. The summed E-state index contributed by atoms with van der Waals surface area (Å²) in [6, 6.07) is 11.4. The lowest BCUT2D eigenvalue weighted by atomic mass is 10.0. The van der Waals surface area contributed by atoms with Crippen molar-refractivity contribution in [1.29, 1.82) is 0 Å². The topological polar surface area (TPSA) is 15.7 Å². The average molecular weight is 328 g/mol. The molecule has 0 radical (unpaired) electrons. The van der Waals surface area contributed by atoms with E-state index in [1.165, 1.54) is 22.8 Å². The first-order valence-corrected chi connectivity index (χ1v) is 8.44. The van der Waals surface area contributed by atoms with E-state index in [0.717, 1.165) is 38.5 Å². The summed E-state index contributed by atoms with van der Waals surface area (Å²) in [5.74, 6) is 0.813. The molecule has 24 heavy (non-hydrogen) atoms. The Bertz CT molecular complexity index is 709. The first-order chi connectivity index (χ1) is 11.6. The summed E-state index contributed by atoms with van der Waals surface area (Å²) in [5.41, 5.74) is 4.48. The molecule has 0 bridgehead atoms. The summed E-state index contributed by atoms with van der Waals surface area (Å²) in [7, 11) is 1.71. The number of piperazine rings is 1. The third kappa shape index (κ3) is 3.54. The summed E-state index contributed by atoms with van der Waals surface area (Å²) in [6.45, 7) is 8.74. The van der Waals surface area contributed by atoms with Crippen LogP contribution in [0, 0.1) is 19.7 Å². The van der Waals surface area contributed by atoms with Crippen LogP contribution < -0.4 is 9.64 Å². The van der Waals surface area contributed by atoms with Crippen LogP contribution in [0.2, 0.25) is 0 Å². The molecule has 0 atom stereocenters. The molecular formula is C20H25FN2O. The molecule has 4 heteroatoms. The average Bonchev–Trinajstić information content (AvgIpc) is 2.59. The van der Waals surface area contributed by atoms with E-state index < -0.39 is 0 Å². The van der Waals surface area contributed by atoms with Gasteiger partial charge >= 0.3 is 0 Å². The first-order valence-electron chi connectivity index (χ1n) is 8.44. The van der Waals surface area contributed by atoms with Gasteiger partial charge in [0.25, 0.3) is 0 Å². The molecule has 2 aromatic carbocycles. The fraction of sp³-hybridized carbons (Fsp3) is 0.400. The van der Waals surface area contributed by atoms with E-state index in [1.807, 2.05) is 12.1 Å². The maximum atomic E-state index is 13.9. The Morgan fingerprint density at radius 3 is 2.38 bits per heavy atom. The number of nitrogens with zero attached hydrogens (tertiary/aromatic N) is 2. The fourth-order valence-corrected chi connectivity index (χ4v) is 3.34. The van der Waals surface area contributed by atoms with Crippen molar-refractivity contribution in [2.75, 3.05) is 38.2 Å². The number of rotatable bonds is 4. The van der Waals surface area contributed by atoms with Crippen molar-refractivity contribution in [1.82, 2.24) is 4.90 Å². The number of hydrogen-bond donors (Lipinski definition) is 0. The molecule has 0 aromatic heterocycles. The van der Waals surface area contributed by atoms with Crippen molar-refractivity contribution in [3.63, 3.8) is 0 Å². The molecule has 128 valence electrons. The lowest BCUT2D eigenvalue weighted by Crippen LogP contribution is -2.46. The maximum Gasteiger partial charge on any atom is 0.146 e. The number of methoxy groups -OCH3 is 1. The number of anilines is 1. The van der Waals surface area contributed by atoms with E-state index in [-0.39, 0.29) is 5.82 Å². The van der Waals surface area contributed by atoms with Crippen LogP contribution in [0.4, 0.5) is 10.1 Å². The van der Waals surface area contributed by atoms with E-state index in [9.17, 15) is 4.39 Å². The zero-order valence-corrected chi connectivity index (χ0v) is 14.7. The minimum absolute atomic E-state index is 0.132. The quantitative estimate of drug-likeness (QED) is 0.850. The van der Waals surface area contributed by atoms with Gasteiger partial charge in [0.05, 0.1) is 12.8 Å². The Labute approximate surface area is 143 Å². The van der Waals surface area contributed by atoms with Crippen LogP contribution in [-0.2, 0) is 6.54 Å². The molecule has 3 rings (SSSR count). The molecule has 1 saturated heterocycles. The second kappa shape index (κ2) is 7.22. The highest BCUT2D eigenvalue weighted by Gasteiger charge is 2.20. The van der Waals surface area contributed by atoms with Crippen molar-refractivity contribution >= 4 is 5.69 Å². The van der Waals surface area contributed by atoms with Crippen molar-refractivity contribution < 1.29 is 9.13 Å². The van der Waals surface area contributed by atoms with E-state index >= 15 is 0 Å². The predicted octanol–water partition coefficient (Wildman–Crippen LogP) is 3.77. The van der Waals surface area contributed by atoms with Gasteiger partial charge in [-0.05, 0) is 48.7 Å². The number of benzene rings is 2. The van der Waals surface area contributed by atoms with Crippen LogP contribution in [0.3, 0.4) is 0 Å². The van der Waals surface area contributed by atoms with Crippen molar-refractivity contribution in [2.45, 2.75) is 20.4 Å². The number of aryl methyl sites for hydroxylation is 2. The number of ether oxygens (including phenoxy) is 1. The minimum atomic E-state index is -0.132. The van der Waals surface area contributed by atoms with Crippen LogP contribution in [0.25, 0.3) is 0 Å². The smallest absolute Gasteiger partial charge is 0.146 e. The van der Waals surface area contributed by atoms with E-state index in [4.69, 9.17) is 4.74 Å². The molecule has 0 amide bonds. The molecule has 0 aliphatic carbocycles. The predicted molar refractivity (Wildman–Crippen MR) is 96.4 cm³/mol. The summed E-state index contributed by atoms with van der Waals surface area (Å²) >= 11 is 0. The van der Waals surface area contributed by atoms with E-state index in [2.05, 4.69) is 35.8 Å². The Morgan fingerprint density at radius 1 is 1.00 bits per heavy atom. The lowest BCUT2D eigenvalue weighted by molar-refractivity contribution is 0.248. The molecule has 1 heterocycles. The molecule has 0 N–H and O–H groups in total. The second-order valence-corrected chi connectivity index (χ2v) is 6.46. The zero-order chi connectivity index (χ0) is 17.1. The largest absolute Gasteiger partial charge is 0.496 e. The number of halogens is 1. The Hall–Kier alpha value is -2.07. The number of para-hydroxylation sites is 1. The fourth-order valence-electron chi connectivity index (χ4n) is 3.34. The maximum absolute atomic E-state index is 13.9. The molecule has 0 unspecified atom stereocenters. The Morgan fingerprint density at radius 2 is 1.71 bits per heavy atom. The van der Waals surface area contributed by atoms with Gasteiger partial charge in [-0.2, -0.15) is 0 Å². The van der Waals surface area contributed by atoms with Crippen molar-refractivity contribution in [2.24, 2.45) is 0 Å². The molecule has 0 saturated carbocycles. The van der Waals surface area contributed by atoms with Gasteiger partial charge in [-0.25, -0.2) is 4.39 Å². The van der Waals surface area contributed by atoms with Crippen molar-refractivity contribution in [3.05, 3.63) is 58.9 Å². The highest BCUT2D eigenvalue weighted by atomic mass is 19.1. The second-order valence-electron chi connectivity index (χ2n) is 6.46. The van der Waals surface area contributed by atoms with E-state index in [0.29, 0.717) is 5.69 Å². The SMILES string of the molecule is COc1cc(C)c(CN2CCN(c3ccccc3F)CC2)cc1C. The third-order valence-electron chi connectivity index (χ3n) is 4.81. The first kappa shape index (κ1) is 16.8. The highest BCUT2D eigenvalue weighted by Crippen LogP contribution is 2.25. The van der Waals surface area contributed by atoms with Crippen LogP contribution in [0.15, 0.2) is 36.4 Å². The third-order valence-corrected chi connectivity index (χ3v) is 4.81. The summed E-state index contributed by atoms with van der Waals surface area (Å²) < 4.78 is 19.3. The number of hydrogen-bond acceptors (Lipinski definition) is 3. The van der Waals surface area contributed by atoms with Gasteiger partial charge in [0.2, 0.25) is 0 Å². The molecule has 1 aliphatic heterocycles. The van der Waals surface area contributed by atoms with Gasteiger partial charge in [-0.15, -0.1) is 0 Å².